The van der Waals surface area contributed by atoms with Crippen LogP contribution in [0.3, 0.4) is 0 Å². The molecule has 4 rings (SSSR count). The van der Waals surface area contributed by atoms with Crippen LogP contribution >= 0.6 is 11.8 Å². The van der Waals surface area contributed by atoms with Crippen molar-refractivity contribution in [2.45, 2.75) is 43.6 Å². The smallest absolute Gasteiger partial charge is 0.353 e. The molecule has 3 saturated heterocycles. The molecule has 4 heterocycles. The summed E-state index contributed by atoms with van der Waals surface area (Å²) in [6, 6.07) is -1.49. The number of carboxylic acid groups (broad SMARTS) is 1. The third-order valence-electron chi connectivity index (χ3n) is 8.08. The van der Waals surface area contributed by atoms with Gasteiger partial charge in [0.15, 0.2) is 6.54 Å². The third-order valence-corrected chi connectivity index (χ3v) is 10.4. The van der Waals surface area contributed by atoms with Crippen molar-refractivity contribution >= 4 is 45.5 Å². The van der Waals surface area contributed by atoms with Crippen molar-refractivity contribution in [3.05, 3.63) is 10.6 Å². The van der Waals surface area contributed by atoms with Gasteiger partial charge in [0, 0.05) is 28.7 Å². The number of β-lactam (4-membered cyclic amide) rings is 1. The second-order valence-electron chi connectivity index (χ2n) is 11.2. The number of amides is 3. The number of thioether (sulfide) groups is 1. The third kappa shape index (κ3) is 6.55. The van der Waals surface area contributed by atoms with Crippen LogP contribution < -0.4 is 39.7 Å². The summed E-state index contributed by atoms with van der Waals surface area (Å²) >= 11 is 1.39. The Bertz CT molecular complexity index is 1170. The number of likely N-dealkylation sites (N-methyl/N-ethyl adjacent to an activating group) is 1. The Morgan fingerprint density at radius 2 is 1.90 bits per heavy atom. The van der Waals surface area contributed by atoms with Gasteiger partial charge < -0.3 is 54.4 Å². The minimum atomic E-state index is -3.53. The van der Waals surface area contributed by atoms with E-state index in [0.717, 1.165) is 6.26 Å². The lowest BCUT2D eigenvalue weighted by Crippen LogP contribution is -3.00. The fraction of sp³-hybridized carbons (Fsp3) is 0.739. The molecule has 16 heteroatoms. The highest BCUT2D eigenvalue weighted by Gasteiger charge is 2.60. The number of aliphatic carboxylic acids is 1. The highest BCUT2D eigenvalue weighted by Crippen LogP contribution is 2.51. The molecule has 220 valence electrons. The van der Waals surface area contributed by atoms with Crippen LogP contribution in [-0.4, -0.2) is 127 Å². The minimum Gasteiger partial charge on any atom is -1.00 e. The van der Waals surface area contributed by atoms with E-state index in [0.29, 0.717) is 48.5 Å². The predicted molar refractivity (Wildman–Crippen MR) is 140 cm³/mol. The molecule has 0 aliphatic carbocycles. The van der Waals surface area contributed by atoms with Crippen LogP contribution in [0, 0.1) is 11.8 Å². The number of primary amides is 1. The van der Waals surface area contributed by atoms with Crippen molar-refractivity contribution in [2.75, 3.05) is 52.6 Å². The van der Waals surface area contributed by atoms with E-state index in [1.807, 2.05) is 14.0 Å². The number of piperazine rings is 1. The van der Waals surface area contributed by atoms with Crippen molar-refractivity contribution in [3.63, 3.8) is 0 Å². The quantitative estimate of drug-likeness (QED) is 0.104. The molecule has 0 spiro atoms. The molecule has 39 heavy (non-hydrogen) atoms. The molecule has 3 amide bonds. The number of rotatable bonds is 9. The van der Waals surface area contributed by atoms with Gasteiger partial charge in [0.2, 0.25) is 21.8 Å². The second kappa shape index (κ2) is 11.8. The first kappa shape index (κ1) is 32.0. The SMILES string of the molecule is CC(NS(C)(=O)=O)[C@H]1C(=O)N2C(C(=O)O)=C(S[C@@H]3CN[C@H](C(=O)N4CC[N+](C)(CC(N)=O)CC4)C3)[C@H](C)[C@H]12.[I-]. The molecule has 0 aromatic rings. The Hall–Kier alpha value is -1.47. The topological polar surface area (TPSA) is 179 Å². The molecule has 3 fully saturated rings. The van der Waals surface area contributed by atoms with Crippen LogP contribution in [0.25, 0.3) is 0 Å². The lowest BCUT2D eigenvalue weighted by Gasteiger charge is -2.47. The standard InChI is InChI=1S/C23H36N6O7S2.HI/c1-12-18-17(13(2)26-38(4,35)36)22(32)28(18)19(23(33)34)20(12)37-14-9-15(25-10-14)21(31)27-5-7-29(3,8-6-27)11-16(24)30;/h12-15,17-18,25-26H,5-11H2,1-4H3,(H2-,24,30,33,34);1H/t12-,13?,14+,15+,17-,18-;/m1./s1. The average Bonchev–Trinajstić information content (AvgIpc) is 3.34. The molecule has 1 unspecified atom stereocenters. The molecular weight excluding hydrogens is 663 g/mol. The number of carboxylic acids is 1. The number of hydrogen-bond donors (Lipinski definition) is 4. The van der Waals surface area contributed by atoms with Crippen molar-refractivity contribution in [2.24, 2.45) is 17.6 Å². The van der Waals surface area contributed by atoms with Gasteiger partial charge in [0.25, 0.3) is 5.91 Å². The van der Waals surface area contributed by atoms with Crippen LogP contribution in [0.2, 0.25) is 0 Å². The summed E-state index contributed by atoms with van der Waals surface area (Å²) in [5, 5.41) is 13.2. The van der Waals surface area contributed by atoms with Crippen molar-refractivity contribution in [1.29, 1.82) is 0 Å². The number of nitrogens with zero attached hydrogens (tertiary/aromatic N) is 3. The van der Waals surface area contributed by atoms with E-state index in [2.05, 4.69) is 10.0 Å². The number of carbonyl (C=O) groups excluding carboxylic acids is 3. The maximum Gasteiger partial charge on any atom is 0.353 e. The van der Waals surface area contributed by atoms with Crippen molar-refractivity contribution in [3.8, 4) is 0 Å². The van der Waals surface area contributed by atoms with Crippen LogP contribution in [-0.2, 0) is 29.2 Å². The van der Waals surface area contributed by atoms with Gasteiger partial charge in [-0.3, -0.25) is 14.4 Å². The predicted octanol–water partition coefficient (Wildman–Crippen LogP) is -5.06. The summed E-state index contributed by atoms with van der Waals surface area (Å²) in [5.74, 6) is -2.90. The van der Waals surface area contributed by atoms with Gasteiger partial charge in [-0.1, -0.05) is 6.92 Å². The molecule has 6 atom stereocenters. The second-order valence-corrected chi connectivity index (χ2v) is 14.3. The first-order chi connectivity index (χ1) is 17.6. The molecule has 0 radical (unpaired) electrons. The Balaban J connectivity index is 0.00000420. The van der Waals surface area contributed by atoms with E-state index in [9.17, 15) is 32.7 Å². The van der Waals surface area contributed by atoms with Gasteiger partial charge in [0.1, 0.15) is 5.70 Å². The minimum absolute atomic E-state index is 0. The van der Waals surface area contributed by atoms with E-state index < -0.39 is 45.9 Å². The molecular formula is C23H37IN6O7S2. The maximum atomic E-state index is 13.2. The lowest BCUT2D eigenvalue weighted by molar-refractivity contribution is -0.905. The summed E-state index contributed by atoms with van der Waals surface area (Å²) in [6.45, 7) is 6.59. The molecule has 4 aliphatic rings. The van der Waals surface area contributed by atoms with Crippen molar-refractivity contribution < 1.29 is 61.2 Å². The number of hydrogen-bond acceptors (Lipinski definition) is 8. The molecule has 0 saturated carbocycles. The number of halogens is 1. The van der Waals surface area contributed by atoms with Gasteiger partial charge in [-0.25, -0.2) is 17.9 Å². The van der Waals surface area contributed by atoms with Crippen molar-refractivity contribution in [1.82, 2.24) is 19.8 Å². The van der Waals surface area contributed by atoms with Gasteiger partial charge in [-0.15, -0.1) is 11.8 Å². The highest BCUT2D eigenvalue weighted by molar-refractivity contribution is 8.03. The summed E-state index contributed by atoms with van der Waals surface area (Å²) in [4.78, 5) is 53.3. The summed E-state index contributed by atoms with van der Waals surface area (Å²) in [5.41, 5.74) is 5.32. The van der Waals surface area contributed by atoms with Crippen LogP contribution in [0.1, 0.15) is 20.3 Å². The first-order valence-corrected chi connectivity index (χ1v) is 15.5. The molecule has 0 aromatic heterocycles. The molecule has 0 bridgehead atoms. The zero-order valence-corrected chi connectivity index (χ0v) is 26.2. The Kier molecular flexibility index (Phi) is 9.69. The van der Waals surface area contributed by atoms with E-state index in [1.54, 1.807) is 11.8 Å². The Labute approximate surface area is 249 Å². The zero-order chi connectivity index (χ0) is 28.2. The number of fused-ring (bicyclic) bond motifs is 1. The van der Waals surface area contributed by atoms with Gasteiger partial charge in [-0.05, 0) is 13.3 Å². The number of sulfonamides is 1. The maximum absolute atomic E-state index is 13.2. The monoisotopic (exact) mass is 700 g/mol. The van der Waals surface area contributed by atoms with E-state index >= 15 is 0 Å². The van der Waals surface area contributed by atoms with Gasteiger partial charge in [-0.2, -0.15) is 0 Å². The molecule has 4 aliphatic heterocycles. The van der Waals surface area contributed by atoms with Gasteiger partial charge >= 0.3 is 5.97 Å². The van der Waals surface area contributed by atoms with Gasteiger partial charge in [0.05, 0.1) is 57.5 Å². The van der Waals surface area contributed by atoms with Crippen LogP contribution in [0.4, 0.5) is 0 Å². The normalized spacial score (nSPS) is 30.9. The fourth-order valence-corrected chi connectivity index (χ4v) is 8.49. The lowest BCUT2D eigenvalue weighted by atomic mass is 9.78. The molecule has 5 N–H and O–H groups in total. The largest absolute Gasteiger partial charge is 1.00 e. The van der Waals surface area contributed by atoms with E-state index in [-0.39, 0.29) is 59.2 Å². The average molecular weight is 701 g/mol. The Morgan fingerprint density at radius 3 is 2.44 bits per heavy atom. The number of nitrogens with one attached hydrogen (secondary N) is 2. The Morgan fingerprint density at radius 1 is 1.28 bits per heavy atom. The highest BCUT2D eigenvalue weighted by atomic mass is 127. The van der Waals surface area contributed by atoms with Crippen LogP contribution in [0.5, 0.6) is 0 Å². The zero-order valence-electron chi connectivity index (χ0n) is 22.4. The first-order valence-electron chi connectivity index (χ1n) is 12.7. The summed E-state index contributed by atoms with van der Waals surface area (Å²) < 4.78 is 26.4. The number of nitrogens with two attached hydrogens (primary N) is 1. The van der Waals surface area contributed by atoms with Crippen LogP contribution in [0.15, 0.2) is 10.6 Å². The van der Waals surface area contributed by atoms with E-state index in [1.165, 1.54) is 16.7 Å². The molecule has 13 nitrogen and oxygen atoms in total. The fourth-order valence-electron chi connectivity index (χ4n) is 6.19. The summed E-state index contributed by atoms with van der Waals surface area (Å²) in [6.07, 6.45) is 1.54. The summed E-state index contributed by atoms with van der Waals surface area (Å²) in [7, 11) is -1.58. The molecule has 0 aromatic carbocycles. The number of carbonyl (C=O) groups is 4. The van der Waals surface area contributed by atoms with E-state index in [4.69, 9.17) is 5.73 Å². The number of quaternary nitrogens is 1.